The topological polar surface area (TPSA) is 89.3 Å². The van der Waals surface area contributed by atoms with Crippen molar-refractivity contribution in [2.75, 3.05) is 32.1 Å². The molecule has 0 radical (unpaired) electrons. The van der Waals surface area contributed by atoms with Crippen LogP contribution in [0.1, 0.15) is 12.8 Å². The van der Waals surface area contributed by atoms with Gasteiger partial charge in [0.15, 0.2) is 0 Å². The smallest absolute Gasteiger partial charge is 0.270 e. The molecule has 23 heavy (non-hydrogen) atoms. The van der Waals surface area contributed by atoms with Gasteiger partial charge in [-0.25, -0.2) is 4.98 Å². The second-order valence-corrected chi connectivity index (χ2v) is 5.93. The predicted octanol–water partition coefficient (Wildman–Crippen LogP) is 2.32. The highest BCUT2D eigenvalue weighted by atomic mass is 16.6. The first-order valence-corrected chi connectivity index (χ1v) is 7.65. The Hall–Kier alpha value is -2.25. The number of aromatic nitrogens is 1. The molecule has 7 nitrogen and oxygen atoms in total. The molecule has 1 fully saturated rings. The van der Waals surface area contributed by atoms with E-state index >= 15 is 0 Å². The minimum Gasteiger partial charge on any atom is -0.383 e. The van der Waals surface area contributed by atoms with Gasteiger partial charge in [-0.05, 0) is 37.6 Å². The number of anilines is 1. The van der Waals surface area contributed by atoms with E-state index in [1.807, 2.05) is 12.1 Å². The standard InChI is InChI=1S/C16H20N4O3/c1-23-11-16(7-2-8-18-16)10-17-15-6-3-12-9-13(20(21)22)4-5-14(12)19-15/h3-6,9,18H,2,7-8,10-11H2,1H3,(H,17,19). The van der Waals surface area contributed by atoms with E-state index < -0.39 is 4.92 Å². The molecule has 0 aliphatic carbocycles. The molecule has 1 atom stereocenters. The van der Waals surface area contributed by atoms with Gasteiger partial charge in [0.1, 0.15) is 5.82 Å². The summed E-state index contributed by atoms with van der Waals surface area (Å²) in [7, 11) is 1.71. The zero-order chi connectivity index (χ0) is 16.3. The maximum Gasteiger partial charge on any atom is 0.270 e. The van der Waals surface area contributed by atoms with E-state index in [9.17, 15) is 10.1 Å². The summed E-state index contributed by atoms with van der Waals surface area (Å²) in [6.45, 7) is 2.38. The fourth-order valence-corrected chi connectivity index (χ4v) is 3.05. The van der Waals surface area contributed by atoms with Crippen LogP contribution in [0, 0.1) is 10.1 Å². The van der Waals surface area contributed by atoms with Gasteiger partial charge in [-0.1, -0.05) is 0 Å². The summed E-state index contributed by atoms with van der Waals surface area (Å²) in [6, 6.07) is 8.39. The van der Waals surface area contributed by atoms with Gasteiger partial charge in [-0.3, -0.25) is 10.1 Å². The summed E-state index contributed by atoms with van der Waals surface area (Å²) in [5.41, 5.74) is 0.760. The number of non-ortho nitro benzene ring substituents is 1. The lowest BCUT2D eigenvalue weighted by Crippen LogP contribution is -2.49. The van der Waals surface area contributed by atoms with Crippen LogP contribution in [0.4, 0.5) is 11.5 Å². The van der Waals surface area contributed by atoms with Crippen LogP contribution in [0.15, 0.2) is 30.3 Å². The number of hydrogen-bond donors (Lipinski definition) is 2. The molecule has 0 bridgehead atoms. The Labute approximate surface area is 134 Å². The van der Waals surface area contributed by atoms with Crippen molar-refractivity contribution >= 4 is 22.4 Å². The summed E-state index contributed by atoms with van der Waals surface area (Å²) in [5, 5.41) is 18.4. The van der Waals surface area contributed by atoms with E-state index in [0.717, 1.165) is 42.7 Å². The van der Waals surface area contributed by atoms with Crippen molar-refractivity contribution in [2.45, 2.75) is 18.4 Å². The zero-order valence-corrected chi connectivity index (χ0v) is 13.0. The van der Waals surface area contributed by atoms with Crippen molar-refractivity contribution in [1.29, 1.82) is 0 Å². The largest absolute Gasteiger partial charge is 0.383 e. The first kappa shape index (κ1) is 15.6. The van der Waals surface area contributed by atoms with E-state index in [4.69, 9.17) is 4.74 Å². The van der Waals surface area contributed by atoms with Gasteiger partial charge in [0.05, 0.1) is 22.6 Å². The van der Waals surface area contributed by atoms with Gasteiger partial charge in [-0.15, -0.1) is 0 Å². The van der Waals surface area contributed by atoms with Crippen LogP contribution in [0.5, 0.6) is 0 Å². The van der Waals surface area contributed by atoms with Crippen molar-refractivity contribution in [3.05, 3.63) is 40.4 Å². The molecule has 1 saturated heterocycles. The van der Waals surface area contributed by atoms with Gasteiger partial charge in [0, 0.05) is 31.2 Å². The zero-order valence-electron chi connectivity index (χ0n) is 13.0. The van der Waals surface area contributed by atoms with Crippen LogP contribution >= 0.6 is 0 Å². The second-order valence-electron chi connectivity index (χ2n) is 5.93. The summed E-state index contributed by atoms with van der Waals surface area (Å²) in [5.74, 6) is 0.760. The highest BCUT2D eigenvalue weighted by Gasteiger charge is 2.33. The fourth-order valence-electron chi connectivity index (χ4n) is 3.05. The molecule has 1 aromatic carbocycles. The lowest BCUT2D eigenvalue weighted by molar-refractivity contribution is -0.384. The number of methoxy groups -OCH3 is 1. The average molecular weight is 316 g/mol. The van der Waals surface area contributed by atoms with Gasteiger partial charge in [0.25, 0.3) is 5.69 Å². The number of rotatable bonds is 6. The van der Waals surface area contributed by atoms with Gasteiger partial charge < -0.3 is 15.4 Å². The van der Waals surface area contributed by atoms with Crippen molar-refractivity contribution in [2.24, 2.45) is 0 Å². The number of benzene rings is 1. The minimum atomic E-state index is -0.397. The molecular formula is C16H20N4O3. The van der Waals surface area contributed by atoms with Crippen molar-refractivity contribution in [3.8, 4) is 0 Å². The van der Waals surface area contributed by atoms with Crippen LogP contribution in [0.2, 0.25) is 0 Å². The number of nitro groups is 1. The van der Waals surface area contributed by atoms with Crippen LogP contribution < -0.4 is 10.6 Å². The number of fused-ring (bicyclic) bond motifs is 1. The summed E-state index contributed by atoms with van der Waals surface area (Å²) >= 11 is 0. The Morgan fingerprint density at radius 3 is 3.00 bits per heavy atom. The van der Waals surface area contributed by atoms with Crippen LogP contribution in [-0.2, 0) is 4.74 Å². The normalized spacial score (nSPS) is 20.7. The van der Waals surface area contributed by atoms with Crippen molar-refractivity contribution < 1.29 is 9.66 Å². The summed E-state index contributed by atoms with van der Waals surface area (Å²) < 4.78 is 5.34. The predicted molar refractivity (Wildman–Crippen MR) is 88.7 cm³/mol. The molecular weight excluding hydrogens is 296 g/mol. The number of ether oxygens (including phenoxy) is 1. The molecule has 0 amide bonds. The summed E-state index contributed by atoms with van der Waals surface area (Å²) in [6.07, 6.45) is 2.20. The van der Waals surface area contributed by atoms with E-state index in [-0.39, 0.29) is 11.2 Å². The number of nitrogens with zero attached hydrogens (tertiary/aromatic N) is 2. The molecule has 1 aliphatic heterocycles. The highest BCUT2D eigenvalue weighted by molar-refractivity contribution is 5.82. The number of nitro benzene ring substituents is 1. The molecule has 1 unspecified atom stereocenters. The molecule has 2 heterocycles. The second kappa shape index (κ2) is 6.47. The van der Waals surface area contributed by atoms with Crippen LogP contribution in [0.3, 0.4) is 0 Å². The lowest BCUT2D eigenvalue weighted by atomic mass is 9.98. The molecule has 0 spiro atoms. The molecule has 1 aromatic heterocycles. The Kier molecular flexibility index (Phi) is 4.40. The Bertz CT molecular complexity index is 714. The van der Waals surface area contributed by atoms with Gasteiger partial charge in [-0.2, -0.15) is 0 Å². The molecule has 3 rings (SSSR count). The Morgan fingerprint density at radius 1 is 1.43 bits per heavy atom. The molecule has 1 aliphatic rings. The van der Waals surface area contributed by atoms with E-state index in [2.05, 4.69) is 15.6 Å². The number of hydrogen-bond acceptors (Lipinski definition) is 6. The first-order valence-electron chi connectivity index (χ1n) is 7.65. The molecule has 2 N–H and O–H groups in total. The van der Waals surface area contributed by atoms with Crippen molar-refractivity contribution in [1.82, 2.24) is 10.3 Å². The number of pyridine rings is 1. The third kappa shape index (κ3) is 3.40. The van der Waals surface area contributed by atoms with Crippen LogP contribution in [-0.4, -0.2) is 42.3 Å². The first-order chi connectivity index (χ1) is 11.1. The van der Waals surface area contributed by atoms with Gasteiger partial charge in [0.2, 0.25) is 0 Å². The SMILES string of the molecule is COCC1(CNc2ccc3cc([N+](=O)[O-])ccc3n2)CCCN1. The molecule has 2 aromatic rings. The van der Waals surface area contributed by atoms with E-state index in [1.54, 1.807) is 13.2 Å². The third-order valence-electron chi connectivity index (χ3n) is 4.24. The van der Waals surface area contributed by atoms with Crippen LogP contribution in [0.25, 0.3) is 10.9 Å². The molecule has 0 saturated carbocycles. The maximum absolute atomic E-state index is 10.8. The molecule has 7 heteroatoms. The Morgan fingerprint density at radius 2 is 2.30 bits per heavy atom. The lowest BCUT2D eigenvalue weighted by Gasteiger charge is -2.29. The Balaban J connectivity index is 1.75. The molecule has 122 valence electrons. The van der Waals surface area contributed by atoms with E-state index in [1.165, 1.54) is 12.1 Å². The quantitative estimate of drug-likeness (QED) is 0.628. The van der Waals surface area contributed by atoms with E-state index in [0.29, 0.717) is 6.61 Å². The maximum atomic E-state index is 10.8. The van der Waals surface area contributed by atoms with Gasteiger partial charge >= 0.3 is 0 Å². The third-order valence-corrected chi connectivity index (χ3v) is 4.24. The monoisotopic (exact) mass is 316 g/mol. The average Bonchev–Trinajstić information content (AvgIpc) is 3.01. The fraction of sp³-hybridized carbons (Fsp3) is 0.438. The summed E-state index contributed by atoms with van der Waals surface area (Å²) in [4.78, 5) is 14.9. The highest BCUT2D eigenvalue weighted by Crippen LogP contribution is 2.23. The van der Waals surface area contributed by atoms with Crippen molar-refractivity contribution in [3.63, 3.8) is 0 Å². The number of nitrogens with one attached hydrogen (secondary N) is 2. The minimum absolute atomic E-state index is 0.0547.